The highest BCUT2D eigenvalue weighted by molar-refractivity contribution is 6.09. The van der Waals surface area contributed by atoms with Crippen molar-refractivity contribution in [3.05, 3.63) is 125 Å². The molecule has 6 nitrogen and oxygen atoms in total. The van der Waals surface area contributed by atoms with Crippen LogP contribution < -0.4 is 9.47 Å². The van der Waals surface area contributed by atoms with E-state index < -0.39 is 0 Å². The van der Waals surface area contributed by atoms with E-state index in [0.29, 0.717) is 11.8 Å². The van der Waals surface area contributed by atoms with Gasteiger partial charge in [0.15, 0.2) is 0 Å². The molecule has 0 fully saturated rings. The fourth-order valence-corrected chi connectivity index (χ4v) is 7.29. The fraction of sp³-hybridized carbons (Fsp3) is 0.238. The lowest BCUT2D eigenvalue weighted by molar-refractivity contribution is 0.414. The van der Waals surface area contributed by atoms with Crippen LogP contribution >= 0.6 is 0 Å². The second-order valence-corrected chi connectivity index (χ2v) is 13.2. The van der Waals surface area contributed by atoms with Crippen LogP contribution in [0.5, 0.6) is 17.2 Å². The van der Waals surface area contributed by atoms with Gasteiger partial charge in [0, 0.05) is 46.9 Å². The zero-order valence-electron chi connectivity index (χ0n) is 29.0. The van der Waals surface area contributed by atoms with Gasteiger partial charge in [0.25, 0.3) is 0 Å². The van der Waals surface area contributed by atoms with Crippen LogP contribution in [-0.4, -0.2) is 26.4 Å². The monoisotopic (exact) mass is 634 g/mol. The second-order valence-electron chi connectivity index (χ2n) is 13.2. The summed E-state index contributed by atoms with van der Waals surface area (Å²) in [4.78, 5) is 4.69. The Morgan fingerprint density at radius 2 is 1.38 bits per heavy atom. The summed E-state index contributed by atoms with van der Waals surface area (Å²) in [6.45, 7) is 16.0. The number of hydrogen-bond acceptors (Lipinski definition) is 4. The maximum absolute atomic E-state index is 6.52. The van der Waals surface area contributed by atoms with Gasteiger partial charge in [0.1, 0.15) is 23.1 Å². The number of para-hydroxylation sites is 1. The Morgan fingerprint density at radius 3 is 2.10 bits per heavy atom. The van der Waals surface area contributed by atoms with Gasteiger partial charge >= 0.3 is 0 Å². The summed E-state index contributed by atoms with van der Waals surface area (Å²) >= 11 is 0. The predicted octanol–water partition coefficient (Wildman–Crippen LogP) is 11.0. The van der Waals surface area contributed by atoms with Gasteiger partial charge in [-0.3, -0.25) is 4.57 Å². The normalized spacial score (nSPS) is 11.7. The zero-order valence-corrected chi connectivity index (χ0v) is 29.0. The van der Waals surface area contributed by atoms with Crippen molar-refractivity contribution >= 4 is 21.8 Å². The first kappa shape index (κ1) is 31.3. The van der Waals surface area contributed by atoms with Gasteiger partial charge in [-0.15, -0.1) is 0 Å². The van der Waals surface area contributed by atoms with Gasteiger partial charge in [-0.25, -0.2) is 9.67 Å². The summed E-state index contributed by atoms with van der Waals surface area (Å²) in [5, 5.41) is 7.14. The minimum atomic E-state index is 0.396. The number of hydrogen-bond donors (Lipinski definition) is 0. The molecule has 0 aliphatic rings. The van der Waals surface area contributed by atoms with Crippen molar-refractivity contribution in [3.63, 3.8) is 0 Å². The van der Waals surface area contributed by atoms with E-state index in [-0.39, 0.29) is 0 Å². The lowest BCUT2D eigenvalue weighted by Crippen LogP contribution is -2.08. The average molecular weight is 635 g/mol. The van der Waals surface area contributed by atoms with E-state index in [1.54, 1.807) is 13.3 Å². The molecule has 0 saturated carbocycles. The first-order valence-electron chi connectivity index (χ1n) is 16.7. The molecule has 7 aromatic rings. The number of fused-ring (bicyclic) bond motifs is 3. The van der Waals surface area contributed by atoms with Crippen LogP contribution in [0.4, 0.5) is 0 Å². The highest BCUT2D eigenvalue weighted by Gasteiger charge is 2.23. The molecule has 0 N–H and O–H groups in total. The minimum absolute atomic E-state index is 0.396. The van der Waals surface area contributed by atoms with E-state index in [1.165, 1.54) is 33.4 Å². The fourth-order valence-electron chi connectivity index (χ4n) is 7.29. The third kappa shape index (κ3) is 5.31. The molecule has 0 aliphatic heterocycles. The summed E-state index contributed by atoms with van der Waals surface area (Å²) in [5.41, 5.74) is 12.5. The molecule has 3 heterocycles. The maximum Gasteiger partial charge on any atom is 0.141 e. The third-order valence-corrected chi connectivity index (χ3v) is 9.64. The van der Waals surface area contributed by atoms with Crippen molar-refractivity contribution in [3.8, 4) is 39.9 Å². The van der Waals surface area contributed by atoms with Crippen molar-refractivity contribution in [1.82, 2.24) is 19.3 Å². The average Bonchev–Trinajstić information content (AvgIpc) is 3.70. The van der Waals surface area contributed by atoms with Gasteiger partial charge in [-0.2, -0.15) is 5.10 Å². The molecule has 0 unspecified atom stereocenters. The number of methoxy groups -OCH3 is 1. The number of nitrogens with zero attached hydrogens (tertiary/aromatic N) is 4. The van der Waals surface area contributed by atoms with Crippen molar-refractivity contribution in [2.45, 2.75) is 60.3 Å². The molecule has 0 spiro atoms. The summed E-state index contributed by atoms with van der Waals surface area (Å²) in [5.74, 6) is 3.81. The van der Waals surface area contributed by atoms with Crippen LogP contribution in [0.15, 0.2) is 97.5 Å². The molecule has 242 valence electrons. The van der Waals surface area contributed by atoms with Crippen LogP contribution in [0.1, 0.15) is 67.3 Å². The topological polar surface area (TPSA) is 54.1 Å². The third-order valence-electron chi connectivity index (χ3n) is 9.64. The van der Waals surface area contributed by atoms with Crippen molar-refractivity contribution in [2.24, 2.45) is 0 Å². The summed E-state index contributed by atoms with van der Waals surface area (Å²) in [7, 11) is 1.67. The molecule has 4 aromatic carbocycles. The molecule has 0 amide bonds. The van der Waals surface area contributed by atoms with Crippen LogP contribution in [0.3, 0.4) is 0 Å². The molecule has 6 heteroatoms. The molecule has 3 aromatic heterocycles. The number of pyridine rings is 1. The van der Waals surface area contributed by atoms with Crippen LogP contribution in [0.25, 0.3) is 44.4 Å². The molecule has 0 saturated heterocycles. The molecular formula is C42H42N4O2. The molecule has 0 atom stereocenters. The lowest BCUT2D eigenvalue weighted by Gasteiger charge is -2.26. The van der Waals surface area contributed by atoms with Gasteiger partial charge in [0.2, 0.25) is 0 Å². The summed E-state index contributed by atoms with van der Waals surface area (Å²) < 4.78 is 16.1. The summed E-state index contributed by atoms with van der Waals surface area (Å²) in [6.07, 6.45) is 5.94. The Bertz CT molecular complexity index is 2270. The molecule has 0 radical (unpaired) electrons. The largest absolute Gasteiger partial charge is 0.497 e. The van der Waals surface area contributed by atoms with Crippen molar-refractivity contribution < 1.29 is 9.47 Å². The molecular weight excluding hydrogens is 592 g/mol. The van der Waals surface area contributed by atoms with Crippen molar-refractivity contribution in [1.29, 1.82) is 0 Å². The predicted molar refractivity (Wildman–Crippen MR) is 197 cm³/mol. The highest BCUT2D eigenvalue weighted by atomic mass is 16.5. The van der Waals surface area contributed by atoms with E-state index in [9.17, 15) is 0 Å². The number of aromatic nitrogens is 4. The molecule has 48 heavy (non-hydrogen) atoms. The highest BCUT2D eigenvalue weighted by Crippen LogP contribution is 2.42. The maximum atomic E-state index is 6.52. The standard InChI is InChI=1S/C42H42N4O2/c1-25(2)40-28(6)27(5)29(7)41(26(3)4)42(40)30-23-44-45(24-30)31-12-11-13-33(20-31)48-34-16-17-36-35-14-9-10-15-37(35)46(38(36)21-34)39-22-32(47-8)18-19-43-39/h9-26H,1-8H3. The smallest absolute Gasteiger partial charge is 0.141 e. The molecule has 0 aliphatic carbocycles. The van der Waals surface area contributed by atoms with Gasteiger partial charge < -0.3 is 9.47 Å². The number of rotatable bonds is 8. The molecule has 7 rings (SSSR count). The lowest BCUT2D eigenvalue weighted by atomic mass is 9.78. The quantitative estimate of drug-likeness (QED) is 0.167. The van der Waals surface area contributed by atoms with E-state index in [4.69, 9.17) is 14.6 Å². The minimum Gasteiger partial charge on any atom is -0.497 e. The SMILES string of the molecule is COc1ccnc(-n2c3ccccc3c3ccc(Oc4cccc(-n5cc(-c6c(C(C)C)c(C)c(C)c(C)c6C(C)C)cn5)c4)cc32)c1. The Morgan fingerprint density at radius 1 is 0.667 bits per heavy atom. The Kier molecular flexibility index (Phi) is 8.04. The van der Waals surface area contributed by atoms with Crippen LogP contribution in [-0.2, 0) is 0 Å². The second kappa shape index (κ2) is 12.3. The van der Waals surface area contributed by atoms with Crippen LogP contribution in [0, 0.1) is 20.8 Å². The first-order chi connectivity index (χ1) is 23.2. The Labute approximate surface area is 282 Å². The van der Waals surface area contributed by atoms with Crippen molar-refractivity contribution in [2.75, 3.05) is 7.11 Å². The number of ether oxygens (including phenoxy) is 2. The van der Waals surface area contributed by atoms with E-state index in [2.05, 4.69) is 107 Å². The zero-order chi connectivity index (χ0) is 33.7. The van der Waals surface area contributed by atoms with E-state index in [1.807, 2.05) is 47.3 Å². The van der Waals surface area contributed by atoms with Gasteiger partial charge in [-0.05, 0) is 102 Å². The van der Waals surface area contributed by atoms with Gasteiger partial charge in [0.05, 0.1) is 30.0 Å². The number of benzene rings is 4. The Hall–Kier alpha value is -5.36. The summed E-state index contributed by atoms with van der Waals surface area (Å²) in [6, 6.07) is 26.5. The van der Waals surface area contributed by atoms with Gasteiger partial charge in [-0.1, -0.05) is 52.0 Å². The molecule has 0 bridgehead atoms. The Balaban J connectivity index is 1.27. The van der Waals surface area contributed by atoms with E-state index in [0.717, 1.165) is 56.1 Å². The van der Waals surface area contributed by atoms with E-state index >= 15 is 0 Å². The van der Waals surface area contributed by atoms with Crippen LogP contribution in [0.2, 0.25) is 0 Å². The first-order valence-corrected chi connectivity index (χ1v) is 16.7.